The van der Waals surface area contributed by atoms with E-state index in [4.69, 9.17) is 0 Å². The molecule has 1 aliphatic heterocycles. The summed E-state index contributed by atoms with van der Waals surface area (Å²) in [6.45, 7) is 1.37. The van der Waals surface area contributed by atoms with Crippen molar-refractivity contribution in [1.82, 2.24) is 4.90 Å². The molecule has 0 bridgehead atoms. The number of carbonyl (C=O) groups excluding carboxylic acids is 1. The van der Waals surface area contributed by atoms with E-state index in [1.807, 2.05) is 6.26 Å². The van der Waals surface area contributed by atoms with Gasteiger partial charge in [0.2, 0.25) is 0 Å². The highest BCUT2D eigenvalue weighted by atomic mass is 32.2. The minimum atomic E-state index is -4.72. The Morgan fingerprint density at radius 2 is 2.00 bits per heavy atom. The van der Waals surface area contributed by atoms with Gasteiger partial charge in [-0.25, -0.2) is 0 Å². The van der Waals surface area contributed by atoms with Crippen LogP contribution in [0.3, 0.4) is 0 Å². The number of amides is 1. The molecule has 1 aromatic rings. The molecule has 1 heterocycles. The number of ether oxygens (including phenoxy) is 1. The van der Waals surface area contributed by atoms with E-state index in [0.29, 0.717) is 23.9 Å². The lowest BCUT2D eigenvalue weighted by Gasteiger charge is -2.16. The molecule has 0 aromatic heterocycles. The van der Waals surface area contributed by atoms with Crippen LogP contribution in [0.1, 0.15) is 16.8 Å². The minimum absolute atomic E-state index is 0.153. The molecular formula is C13H14F3NO2S. The first-order valence-corrected chi connectivity index (χ1v) is 7.36. The summed E-state index contributed by atoms with van der Waals surface area (Å²) in [5.74, 6) is -0.474. The van der Waals surface area contributed by atoms with E-state index >= 15 is 0 Å². The Morgan fingerprint density at radius 1 is 1.35 bits per heavy atom. The fourth-order valence-electron chi connectivity index (χ4n) is 2.09. The standard InChI is InChI=1S/C13H14F3NO2S/c1-20-11-6-7-17(8-11)12(18)9-2-4-10(5-3-9)19-13(14,15)16/h2-5,11H,6-8H2,1H3/t11-/m1/s1. The molecule has 1 fully saturated rings. The third-order valence-electron chi connectivity index (χ3n) is 3.10. The normalized spacial score (nSPS) is 19.2. The Hall–Kier alpha value is -1.37. The van der Waals surface area contributed by atoms with Gasteiger partial charge in [-0.05, 0) is 36.9 Å². The molecule has 3 nitrogen and oxygen atoms in total. The molecule has 1 aromatic carbocycles. The highest BCUT2D eigenvalue weighted by molar-refractivity contribution is 7.99. The van der Waals surface area contributed by atoms with Gasteiger partial charge in [0.25, 0.3) is 5.91 Å². The van der Waals surface area contributed by atoms with Gasteiger partial charge in [0.15, 0.2) is 0 Å². The number of likely N-dealkylation sites (tertiary alicyclic amines) is 1. The molecule has 0 aliphatic carbocycles. The summed E-state index contributed by atoms with van der Waals surface area (Å²) in [6, 6.07) is 5.03. The fourth-order valence-corrected chi connectivity index (χ4v) is 2.76. The third kappa shape index (κ3) is 3.82. The maximum Gasteiger partial charge on any atom is 0.573 e. The number of hydrogen-bond acceptors (Lipinski definition) is 3. The summed E-state index contributed by atoms with van der Waals surface area (Å²) in [6.07, 6.45) is -1.77. The second-order valence-electron chi connectivity index (χ2n) is 4.47. The Morgan fingerprint density at radius 3 is 2.50 bits per heavy atom. The molecule has 2 rings (SSSR count). The van der Waals surface area contributed by atoms with E-state index < -0.39 is 6.36 Å². The van der Waals surface area contributed by atoms with E-state index in [-0.39, 0.29) is 11.7 Å². The van der Waals surface area contributed by atoms with Gasteiger partial charge in [0.1, 0.15) is 5.75 Å². The lowest BCUT2D eigenvalue weighted by molar-refractivity contribution is -0.274. The maximum atomic E-state index is 12.2. The second-order valence-corrected chi connectivity index (χ2v) is 5.61. The molecule has 110 valence electrons. The van der Waals surface area contributed by atoms with Gasteiger partial charge < -0.3 is 9.64 Å². The van der Waals surface area contributed by atoms with E-state index in [1.54, 1.807) is 16.7 Å². The first-order valence-electron chi connectivity index (χ1n) is 6.07. The fraction of sp³-hybridized carbons (Fsp3) is 0.462. The van der Waals surface area contributed by atoms with Crippen molar-refractivity contribution in [3.63, 3.8) is 0 Å². The van der Waals surface area contributed by atoms with Crippen LogP contribution in [0.25, 0.3) is 0 Å². The zero-order valence-electron chi connectivity index (χ0n) is 10.8. The van der Waals surface area contributed by atoms with Crippen molar-refractivity contribution in [3.8, 4) is 5.75 Å². The molecule has 1 atom stereocenters. The van der Waals surface area contributed by atoms with E-state index in [2.05, 4.69) is 4.74 Å². The predicted octanol–water partition coefficient (Wildman–Crippen LogP) is 3.16. The van der Waals surface area contributed by atoms with Gasteiger partial charge in [-0.15, -0.1) is 13.2 Å². The van der Waals surface area contributed by atoms with E-state index in [0.717, 1.165) is 18.6 Å². The highest BCUT2D eigenvalue weighted by Crippen LogP contribution is 2.25. The van der Waals surface area contributed by atoms with Crippen LogP contribution in [0.5, 0.6) is 5.75 Å². The van der Waals surface area contributed by atoms with Gasteiger partial charge in [-0.3, -0.25) is 4.79 Å². The predicted molar refractivity (Wildman–Crippen MR) is 70.9 cm³/mol. The average Bonchev–Trinajstić information content (AvgIpc) is 2.85. The topological polar surface area (TPSA) is 29.5 Å². The molecule has 20 heavy (non-hydrogen) atoms. The number of rotatable bonds is 3. The summed E-state index contributed by atoms with van der Waals surface area (Å²) in [7, 11) is 0. The van der Waals surface area contributed by atoms with Gasteiger partial charge in [-0.1, -0.05) is 0 Å². The Bertz CT molecular complexity index is 475. The summed E-state index contributed by atoms with van der Waals surface area (Å²) < 4.78 is 39.9. The molecule has 1 amide bonds. The molecule has 0 saturated carbocycles. The number of alkyl halides is 3. The highest BCUT2D eigenvalue weighted by Gasteiger charge is 2.31. The van der Waals surface area contributed by atoms with Crippen LogP contribution in [0.4, 0.5) is 13.2 Å². The number of thioether (sulfide) groups is 1. The van der Waals surface area contributed by atoms with Gasteiger partial charge >= 0.3 is 6.36 Å². The van der Waals surface area contributed by atoms with Crippen LogP contribution in [0.2, 0.25) is 0 Å². The molecule has 0 N–H and O–H groups in total. The summed E-state index contributed by atoms with van der Waals surface area (Å²) in [5, 5.41) is 0.437. The number of benzene rings is 1. The van der Waals surface area contributed by atoms with Crippen molar-refractivity contribution in [2.24, 2.45) is 0 Å². The van der Waals surface area contributed by atoms with Crippen molar-refractivity contribution in [3.05, 3.63) is 29.8 Å². The number of nitrogens with zero attached hydrogens (tertiary/aromatic N) is 1. The summed E-state index contributed by atoms with van der Waals surface area (Å²) in [5.41, 5.74) is 0.376. The largest absolute Gasteiger partial charge is 0.573 e. The quantitative estimate of drug-likeness (QED) is 0.859. The average molecular weight is 305 g/mol. The van der Waals surface area contributed by atoms with Gasteiger partial charge in [0.05, 0.1) is 0 Å². The van der Waals surface area contributed by atoms with Crippen molar-refractivity contribution < 1.29 is 22.7 Å². The second kappa shape index (κ2) is 5.95. The van der Waals surface area contributed by atoms with Crippen molar-refractivity contribution in [1.29, 1.82) is 0 Å². The molecule has 7 heteroatoms. The van der Waals surface area contributed by atoms with E-state index in [1.165, 1.54) is 12.1 Å². The third-order valence-corrected chi connectivity index (χ3v) is 4.15. The summed E-state index contributed by atoms with van der Waals surface area (Å²) in [4.78, 5) is 13.9. The first kappa shape index (κ1) is 15.0. The molecule has 0 spiro atoms. The smallest absolute Gasteiger partial charge is 0.406 e. The van der Waals surface area contributed by atoms with Crippen molar-refractivity contribution in [2.75, 3.05) is 19.3 Å². The van der Waals surface area contributed by atoms with E-state index in [9.17, 15) is 18.0 Å². The van der Waals surface area contributed by atoms with Gasteiger partial charge in [-0.2, -0.15) is 11.8 Å². The minimum Gasteiger partial charge on any atom is -0.406 e. The number of carbonyl (C=O) groups is 1. The number of hydrogen-bond donors (Lipinski definition) is 0. The number of halogens is 3. The van der Waals surface area contributed by atoms with Crippen LogP contribution in [-0.4, -0.2) is 41.8 Å². The Labute approximate surface area is 119 Å². The summed E-state index contributed by atoms with van der Waals surface area (Å²) >= 11 is 1.72. The van der Waals surface area contributed by atoms with Crippen molar-refractivity contribution >= 4 is 17.7 Å². The lowest BCUT2D eigenvalue weighted by atomic mass is 10.2. The zero-order chi connectivity index (χ0) is 14.8. The molecular weight excluding hydrogens is 291 g/mol. The van der Waals surface area contributed by atoms with Crippen LogP contribution >= 0.6 is 11.8 Å². The first-order chi connectivity index (χ1) is 9.39. The van der Waals surface area contributed by atoms with Crippen LogP contribution in [-0.2, 0) is 0 Å². The van der Waals surface area contributed by atoms with Crippen LogP contribution in [0, 0.1) is 0 Å². The monoisotopic (exact) mass is 305 g/mol. The van der Waals surface area contributed by atoms with Crippen LogP contribution < -0.4 is 4.74 Å². The SMILES string of the molecule is CS[C@@H]1CCN(C(=O)c2ccc(OC(F)(F)F)cc2)C1. The van der Waals surface area contributed by atoms with Gasteiger partial charge in [0, 0.05) is 23.9 Å². The molecule has 0 radical (unpaired) electrons. The zero-order valence-corrected chi connectivity index (χ0v) is 11.6. The Balaban J connectivity index is 2.01. The Kier molecular flexibility index (Phi) is 4.47. The van der Waals surface area contributed by atoms with Crippen molar-refractivity contribution in [2.45, 2.75) is 18.0 Å². The van der Waals surface area contributed by atoms with Crippen LogP contribution in [0.15, 0.2) is 24.3 Å². The molecule has 1 saturated heterocycles. The molecule has 1 aliphatic rings. The maximum absolute atomic E-state index is 12.2. The lowest BCUT2D eigenvalue weighted by Crippen LogP contribution is -2.29. The molecule has 0 unspecified atom stereocenters.